The van der Waals surface area contributed by atoms with Crippen molar-refractivity contribution in [1.82, 2.24) is 5.06 Å². The molecule has 3 N–H and O–H groups in total. The quantitative estimate of drug-likeness (QED) is 0.384. The molecule has 5 unspecified atom stereocenters. The fourth-order valence-corrected chi connectivity index (χ4v) is 1.78. The highest BCUT2D eigenvalue weighted by atomic mass is 31.1. The van der Waals surface area contributed by atoms with Gasteiger partial charge in [0.1, 0.15) is 14.0 Å². The van der Waals surface area contributed by atoms with Gasteiger partial charge in [-0.2, -0.15) is 0 Å². The standard InChI is InChI=1S/C8H19BNO6P/c1-2-3-14-10-7(11)5(4-15-17-13)16-6(9)8(10)12/h5-8,11-13,17H,2-4,9H2,1H3. The number of nitrogens with zero attached hydrogens (tertiary/aromatic N) is 1. The van der Waals surface area contributed by atoms with Crippen LogP contribution < -0.4 is 0 Å². The van der Waals surface area contributed by atoms with Gasteiger partial charge in [-0.05, 0) is 6.42 Å². The van der Waals surface area contributed by atoms with Crippen LogP contribution >= 0.6 is 9.03 Å². The van der Waals surface area contributed by atoms with E-state index in [0.29, 0.717) is 6.61 Å². The van der Waals surface area contributed by atoms with Crippen LogP contribution in [-0.4, -0.2) is 65.8 Å². The summed E-state index contributed by atoms with van der Waals surface area (Å²) in [6.07, 6.45) is -2.04. The SMILES string of the molecule is BC1OC(COPO)C(O)N(OCCC)C1O. The topological polar surface area (TPSA) is 91.6 Å². The average Bonchev–Trinajstić information content (AvgIpc) is 2.32. The average molecular weight is 267 g/mol. The summed E-state index contributed by atoms with van der Waals surface area (Å²) in [7, 11) is 1.01. The first-order chi connectivity index (χ1) is 8.11. The van der Waals surface area contributed by atoms with Gasteiger partial charge in [0.2, 0.25) is 0 Å². The molecule has 0 aliphatic carbocycles. The highest BCUT2D eigenvalue weighted by Crippen LogP contribution is 2.22. The van der Waals surface area contributed by atoms with Crippen LogP contribution in [0.2, 0.25) is 0 Å². The van der Waals surface area contributed by atoms with Crippen molar-refractivity contribution in [3.8, 4) is 0 Å². The molecule has 1 fully saturated rings. The third-order valence-corrected chi connectivity index (χ3v) is 2.72. The highest BCUT2D eigenvalue weighted by Gasteiger charge is 2.41. The molecule has 0 saturated carbocycles. The van der Waals surface area contributed by atoms with Crippen molar-refractivity contribution in [2.45, 2.75) is 37.9 Å². The maximum atomic E-state index is 9.93. The maximum absolute atomic E-state index is 9.93. The lowest BCUT2D eigenvalue weighted by atomic mass is 9.96. The molecule has 1 aliphatic heterocycles. The first-order valence-corrected chi connectivity index (χ1v) is 6.41. The van der Waals surface area contributed by atoms with E-state index in [1.54, 1.807) is 7.85 Å². The minimum Gasteiger partial charge on any atom is -0.374 e. The molecule has 0 aromatic rings. The number of aliphatic hydroxyl groups excluding tert-OH is 2. The zero-order valence-electron chi connectivity index (χ0n) is 9.94. The van der Waals surface area contributed by atoms with E-state index in [1.807, 2.05) is 6.92 Å². The van der Waals surface area contributed by atoms with Gasteiger partial charge in [0.15, 0.2) is 21.5 Å². The van der Waals surface area contributed by atoms with E-state index in [-0.39, 0.29) is 6.61 Å². The molecular weight excluding hydrogens is 248 g/mol. The van der Waals surface area contributed by atoms with E-state index in [4.69, 9.17) is 19.0 Å². The lowest BCUT2D eigenvalue weighted by Crippen LogP contribution is -2.61. The number of morpholine rings is 1. The second-order valence-electron chi connectivity index (χ2n) is 3.80. The number of ether oxygens (including phenoxy) is 1. The second-order valence-corrected chi connectivity index (χ2v) is 4.27. The Hall–Kier alpha value is 0.215. The van der Waals surface area contributed by atoms with Crippen molar-refractivity contribution in [3.05, 3.63) is 0 Å². The number of hydrogen-bond acceptors (Lipinski definition) is 7. The zero-order valence-corrected chi connectivity index (χ0v) is 10.9. The Balaban J connectivity index is 2.58. The molecule has 0 aromatic heterocycles. The molecule has 100 valence electrons. The van der Waals surface area contributed by atoms with E-state index in [1.165, 1.54) is 0 Å². The van der Waals surface area contributed by atoms with E-state index in [9.17, 15) is 10.2 Å². The van der Waals surface area contributed by atoms with Gasteiger partial charge in [0.05, 0.1) is 19.2 Å². The van der Waals surface area contributed by atoms with Gasteiger partial charge >= 0.3 is 0 Å². The molecule has 1 aliphatic rings. The van der Waals surface area contributed by atoms with Gasteiger partial charge in [-0.3, -0.25) is 4.84 Å². The molecular formula is C8H19BNO6P. The Labute approximate surface area is 103 Å². The molecule has 17 heavy (non-hydrogen) atoms. The van der Waals surface area contributed by atoms with Gasteiger partial charge in [-0.15, -0.1) is 5.06 Å². The fraction of sp³-hybridized carbons (Fsp3) is 1.00. The molecule has 0 amide bonds. The van der Waals surface area contributed by atoms with Crippen molar-refractivity contribution in [3.63, 3.8) is 0 Å². The van der Waals surface area contributed by atoms with Crippen LogP contribution in [0.4, 0.5) is 0 Å². The van der Waals surface area contributed by atoms with Crippen molar-refractivity contribution < 1.29 is 29.2 Å². The van der Waals surface area contributed by atoms with Crippen molar-refractivity contribution >= 4 is 16.9 Å². The minimum atomic E-state index is -1.12. The molecule has 0 bridgehead atoms. The first-order valence-electron chi connectivity index (χ1n) is 5.55. The second kappa shape index (κ2) is 7.61. The molecule has 0 spiro atoms. The van der Waals surface area contributed by atoms with Crippen LogP contribution in [0.3, 0.4) is 0 Å². The Bertz CT molecular complexity index is 226. The van der Waals surface area contributed by atoms with Crippen LogP contribution in [0.1, 0.15) is 13.3 Å². The van der Waals surface area contributed by atoms with Crippen molar-refractivity contribution in [1.29, 1.82) is 0 Å². The Morgan fingerprint density at radius 3 is 2.71 bits per heavy atom. The van der Waals surface area contributed by atoms with E-state index in [2.05, 4.69) is 0 Å². The first kappa shape index (κ1) is 15.3. The Morgan fingerprint density at radius 1 is 1.41 bits per heavy atom. The summed E-state index contributed by atoms with van der Waals surface area (Å²) in [5, 5.41) is 20.8. The lowest BCUT2D eigenvalue weighted by molar-refractivity contribution is -0.367. The largest absolute Gasteiger partial charge is 0.374 e. The third kappa shape index (κ3) is 4.12. The van der Waals surface area contributed by atoms with Crippen LogP contribution in [0.5, 0.6) is 0 Å². The van der Waals surface area contributed by atoms with E-state index < -0.39 is 33.6 Å². The van der Waals surface area contributed by atoms with Crippen LogP contribution in [0.25, 0.3) is 0 Å². The van der Waals surface area contributed by atoms with Gasteiger partial charge in [-0.1, -0.05) is 6.92 Å². The van der Waals surface area contributed by atoms with Crippen LogP contribution in [-0.2, 0) is 14.1 Å². The zero-order chi connectivity index (χ0) is 12.8. The van der Waals surface area contributed by atoms with Gasteiger partial charge in [0.25, 0.3) is 0 Å². The molecule has 7 nitrogen and oxygen atoms in total. The molecule has 1 heterocycles. The van der Waals surface area contributed by atoms with Crippen molar-refractivity contribution in [2.75, 3.05) is 13.2 Å². The molecule has 0 aromatic carbocycles. The lowest BCUT2D eigenvalue weighted by Gasteiger charge is -2.43. The summed E-state index contributed by atoms with van der Waals surface area (Å²) in [6, 6.07) is -0.508. The summed E-state index contributed by atoms with van der Waals surface area (Å²) in [5.41, 5.74) is 0. The minimum absolute atomic E-state index is 0.0408. The molecule has 1 rings (SSSR count). The highest BCUT2D eigenvalue weighted by molar-refractivity contribution is 7.24. The van der Waals surface area contributed by atoms with Crippen LogP contribution in [0, 0.1) is 0 Å². The number of hydrogen-bond donors (Lipinski definition) is 3. The van der Waals surface area contributed by atoms with Gasteiger partial charge in [0, 0.05) is 0 Å². The monoisotopic (exact) mass is 267 g/mol. The van der Waals surface area contributed by atoms with Crippen molar-refractivity contribution in [2.24, 2.45) is 0 Å². The number of hydroxylamine groups is 2. The maximum Gasteiger partial charge on any atom is 0.161 e. The molecule has 5 atom stereocenters. The fourth-order valence-electron chi connectivity index (χ4n) is 1.54. The normalized spacial score (nSPS) is 35.8. The van der Waals surface area contributed by atoms with Gasteiger partial charge in [-0.25, -0.2) is 0 Å². The molecule has 0 radical (unpaired) electrons. The van der Waals surface area contributed by atoms with Crippen LogP contribution in [0.15, 0.2) is 0 Å². The Morgan fingerprint density at radius 2 is 2.12 bits per heavy atom. The summed E-state index contributed by atoms with van der Waals surface area (Å²) >= 11 is 0. The summed E-state index contributed by atoms with van der Waals surface area (Å²) in [6.45, 7) is 2.37. The summed E-state index contributed by atoms with van der Waals surface area (Å²) < 4.78 is 10.2. The molecule has 1 saturated heterocycles. The Kier molecular flexibility index (Phi) is 6.83. The molecule has 9 heteroatoms. The predicted molar refractivity (Wildman–Crippen MR) is 63.8 cm³/mol. The third-order valence-electron chi connectivity index (χ3n) is 2.42. The van der Waals surface area contributed by atoms with Gasteiger partial charge < -0.3 is 24.4 Å². The summed E-state index contributed by atoms with van der Waals surface area (Å²) in [4.78, 5) is 13.9. The summed E-state index contributed by atoms with van der Waals surface area (Å²) in [5.74, 6) is 0. The number of aliphatic hydroxyl groups is 2. The predicted octanol–water partition coefficient (Wildman–Crippen LogP) is -1.86. The van der Waals surface area contributed by atoms with E-state index >= 15 is 0 Å². The smallest absolute Gasteiger partial charge is 0.161 e. The van der Waals surface area contributed by atoms with E-state index in [0.717, 1.165) is 11.5 Å². The number of rotatable bonds is 6.